The maximum absolute atomic E-state index is 12.7. The lowest BCUT2D eigenvalue weighted by Crippen LogP contribution is -2.34. The molecular weight excluding hydrogens is 295 g/mol. The van der Waals surface area contributed by atoms with Crippen molar-refractivity contribution in [3.8, 4) is 5.75 Å². The zero-order chi connectivity index (χ0) is 14.8. The highest BCUT2D eigenvalue weighted by molar-refractivity contribution is 5.85. The number of carbonyl (C=O) groups is 1. The molecule has 0 aliphatic rings. The third-order valence-corrected chi connectivity index (χ3v) is 2.91. The first-order chi connectivity index (χ1) is 9.63. The maximum Gasteiger partial charge on any atom is 0.224 e. The molecule has 1 aromatic rings. The van der Waals surface area contributed by atoms with Gasteiger partial charge in [-0.1, -0.05) is 6.92 Å². The topological polar surface area (TPSA) is 50.4 Å². The normalized spacial score (nSPS) is 11.4. The van der Waals surface area contributed by atoms with Crippen LogP contribution in [0.1, 0.15) is 19.8 Å². The second-order valence-corrected chi connectivity index (χ2v) is 4.76. The van der Waals surface area contributed by atoms with Crippen molar-refractivity contribution in [3.63, 3.8) is 0 Å². The summed E-state index contributed by atoms with van der Waals surface area (Å²) in [4.78, 5) is 11.6. The van der Waals surface area contributed by atoms with E-state index in [1.807, 2.05) is 14.0 Å². The molecule has 0 fully saturated rings. The number of halogens is 2. The summed E-state index contributed by atoms with van der Waals surface area (Å²) in [5.41, 5.74) is 0. The van der Waals surface area contributed by atoms with Crippen LogP contribution in [-0.4, -0.2) is 32.7 Å². The Kier molecular flexibility index (Phi) is 10.6. The number of hydrogen-bond donors (Lipinski definition) is 2. The molecule has 0 aliphatic carbocycles. The van der Waals surface area contributed by atoms with Gasteiger partial charge in [0.25, 0.3) is 0 Å². The number of carbonyl (C=O) groups excluding carboxylic acids is 1. The molecule has 21 heavy (non-hydrogen) atoms. The summed E-state index contributed by atoms with van der Waals surface area (Å²) in [7, 11) is 1.83. The van der Waals surface area contributed by atoms with Gasteiger partial charge in [0.2, 0.25) is 5.91 Å². The third kappa shape index (κ3) is 8.52. The van der Waals surface area contributed by atoms with Gasteiger partial charge in [-0.05, 0) is 44.2 Å². The van der Waals surface area contributed by atoms with Gasteiger partial charge in [-0.2, -0.15) is 0 Å². The predicted octanol–water partition coefficient (Wildman–Crippen LogP) is 2.38. The summed E-state index contributed by atoms with van der Waals surface area (Å²) in [6.07, 6.45) is 1.71. The van der Waals surface area contributed by atoms with Gasteiger partial charge in [0, 0.05) is 19.0 Å². The average molecular weight is 319 g/mol. The van der Waals surface area contributed by atoms with Crippen LogP contribution in [0.25, 0.3) is 0 Å². The van der Waals surface area contributed by atoms with Crippen LogP contribution in [0, 0.1) is 11.7 Å². The van der Waals surface area contributed by atoms with Crippen LogP contribution in [0.3, 0.4) is 0 Å². The summed E-state index contributed by atoms with van der Waals surface area (Å²) >= 11 is 0. The average Bonchev–Trinajstić information content (AvgIpc) is 2.44. The number of benzene rings is 1. The van der Waals surface area contributed by atoms with E-state index in [0.717, 1.165) is 12.8 Å². The molecule has 0 spiro atoms. The van der Waals surface area contributed by atoms with E-state index in [-0.39, 0.29) is 30.0 Å². The lowest BCUT2D eigenvalue weighted by atomic mass is 10.1. The Morgan fingerprint density at radius 3 is 2.57 bits per heavy atom. The molecule has 0 aliphatic heterocycles. The molecule has 6 heteroatoms. The van der Waals surface area contributed by atoms with Crippen molar-refractivity contribution in [2.75, 3.05) is 26.7 Å². The van der Waals surface area contributed by atoms with Crippen LogP contribution in [0.4, 0.5) is 4.39 Å². The number of hydrogen-bond acceptors (Lipinski definition) is 3. The van der Waals surface area contributed by atoms with Crippen molar-refractivity contribution in [1.82, 2.24) is 10.6 Å². The largest absolute Gasteiger partial charge is 0.494 e. The fourth-order valence-electron chi connectivity index (χ4n) is 1.73. The van der Waals surface area contributed by atoms with Crippen LogP contribution in [0.15, 0.2) is 24.3 Å². The molecule has 0 aromatic heterocycles. The van der Waals surface area contributed by atoms with Crippen molar-refractivity contribution in [2.45, 2.75) is 19.8 Å². The summed E-state index contributed by atoms with van der Waals surface area (Å²) in [5, 5.41) is 5.86. The molecule has 4 nitrogen and oxygen atoms in total. The van der Waals surface area contributed by atoms with Gasteiger partial charge in [-0.25, -0.2) is 4.39 Å². The maximum atomic E-state index is 12.7. The number of nitrogens with one attached hydrogen (secondary N) is 2. The fraction of sp³-hybridized carbons (Fsp3) is 0.533. The monoisotopic (exact) mass is 318 g/mol. The molecule has 1 rings (SSSR count). The SMILES string of the molecule is CNCC(C)C(=O)NCCCCOc1ccc(F)cc1.Cl. The lowest BCUT2D eigenvalue weighted by Gasteiger charge is -2.11. The Hall–Kier alpha value is -1.33. The highest BCUT2D eigenvalue weighted by Gasteiger charge is 2.10. The van der Waals surface area contributed by atoms with Crippen molar-refractivity contribution in [3.05, 3.63) is 30.1 Å². The van der Waals surface area contributed by atoms with Crippen LogP contribution < -0.4 is 15.4 Å². The molecule has 0 bridgehead atoms. The summed E-state index contributed by atoms with van der Waals surface area (Å²) in [6, 6.07) is 5.96. The van der Waals surface area contributed by atoms with Gasteiger partial charge in [0.1, 0.15) is 11.6 Å². The minimum atomic E-state index is -0.268. The summed E-state index contributed by atoms with van der Waals surface area (Å²) in [6.45, 7) is 3.79. The second-order valence-electron chi connectivity index (χ2n) is 4.76. The molecular formula is C15H24ClFN2O2. The van der Waals surface area contributed by atoms with Gasteiger partial charge >= 0.3 is 0 Å². The molecule has 0 radical (unpaired) electrons. The van der Waals surface area contributed by atoms with Crippen LogP contribution in [0.2, 0.25) is 0 Å². The Bertz CT molecular complexity index is 401. The van der Waals surface area contributed by atoms with E-state index in [4.69, 9.17) is 4.74 Å². The van der Waals surface area contributed by atoms with E-state index in [2.05, 4.69) is 10.6 Å². The Balaban J connectivity index is 0.00000400. The smallest absolute Gasteiger partial charge is 0.224 e. The number of ether oxygens (including phenoxy) is 1. The molecule has 2 N–H and O–H groups in total. The van der Waals surface area contributed by atoms with Gasteiger partial charge in [0.15, 0.2) is 0 Å². The molecule has 1 amide bonds. The minimum Gasteiger partial charge on any atom is -0.494 e. The van der Waals surface area contributed by atoms with E-state index < -0.39 is 0 Å². The van der Waals surface area contributed by atoms with Gasteiger partial charge < -0.3 is 15.4 Å². The van der Waals surface area contributed by atoms with E-state index in [0.29, 0.717) is 25.4 Å². The third-order valence-electron chi connectivity index (χ3n) is 2.91. The molecule has 0 saturated heterocycles. The lowest BCUT2D eigenvalue weighted by molar-refractivity contribution is -0.124. The van der Waals surface area contributed by atoms with Crippen molar-refractivity contribution >= 4 is 18.3 Å². The number of rotatable bonds is 9. The Labute approximate surface area is 131 Å². The Morgan fingerprint density at radius 1 is 1.29 bits per heavy atom. The number of amides is 1. The fourth-order valence-corrected chi connectivity index (χ4v) is 1.73. The van der Waals surface area contributed by atoms with Crippen LogP contribution in [0.5, 0.6) is 5.75 Å². The Morgan fingerprint density at radius 2 is 1.95 bits per heavy atom. The highest BCUT2D eigenvalue weighted by Crippen LogP contribution is 2.11. The van der Waals surface area contributed by atoms with Gasteiger partial charge in [-0.15, -0.1) is 12.4 Å². The first-order valence-electron chi connectivity index (χ1n) is 6.94. The van der Waals surface area contributed by atoms with Gasteiger partial charge in [-0.3, -0.25) is 4.79 Å². The second kappa shape index (κ2) is 11.3. The molecule has 0 heterocycles. The standard InChI is InChI=1S/C15H23FN2O2.ClH/c1-12(11-17-2)15(19)18-9-3-4-10-20-14-7-5-13(16)6-8-14;/h5-8,12,17H,3-4,9-11H2,1-2H3,(H,18,19);1H. The summed E-state index contributed by atoms with van der Waals surface area (Å²) in [5.74, 6) is 0.447. The molecule has 120 valence electrons. The summed E-state index contributed by atoms with van der Waals surface area (Å²) < 4.78 is 18.1. The molecule has 1 aromatic carbocycles. The van der Waals surface area contributed by atoms with Crippen LogP contribution in [-0.2, 0) is 4.79 Å². The highest BCUT2D eigenvalue weighted by atomic mass is 35.5. The zero-order valence-corrected chi connectivity index (χ0v) is 13.3. The van der Waals surface area contributed by atoms with E-state index in [1.54, 1.807) is 12.1 Å². The van der Waals surface area contributed by atoms with E-state index >= 15 is 0 Å². The minimum absolute atomic E-state index is 0. The zero-order valence-electron chi connectivity index (χ0n) is 12.5. The molecule has 1 unspecified atom stereocenters. The van der Waals surface area contributed by atoms with Crippen LogP contribution >= 0.6 is 12.4 Å². The number of unbranched alkanes of at least 4 members (excludes halogenated alkanes) is 1. The first-order valence-corrected chi connectivity index (χ1v) is 6.94. The van der Waals surface area contributed by atoms with Crippen molar-refractivity contribution < 1.29 is 13.9 Å². The quantitative estimate of drug-likeness (QED) is 0.687. The van der Waals surface area contributed by atoms with Crippen molar-refractivity contribution in [2.24, 2.45) is 5.92 Å². The first kappa shape index (κ1) is 19.7. The molecule has 0 saturated carbocycles. The molecule has 1 atom stereocenters. The van der Waals surface area contributed by atoms with Gasteiger partial charge in [0.05, 0.1) is 6.61 Å². The van der Waals surface area contributed by atoms with Crippen molar-refractivity contribution in [1.29, 1.82) is 0 Å². The predicted molar refractivity (Wildman–Crippen MR) is 84.5 cm³/mol. The van der Waals surface area contributed by atoms with E-state index in [9.17, 15) is 9.18 Å². The van der Waals surface area contributed by atoms with E-state index in [1.165, 1.54) is 12.1 Å².